The van der Waals surface area contributed by atoms with E-state index in [1.807, 2.05) is 6.07 Å². The maximum absolute atomic E-state index is 3.45. The molecule has 2 heteroatoms. The first-order valence-corrected chi connectivity index (χ1v) is 6.12. The first-order valence-electron chi connectivity index (χ1n) is 6.12. The summed E-state index contributed by atoms with van der Waals surface area (Å²) in [5, 5.41) is 3.45. The highest BCUT2D eigenvalue weighted by Crippen LogP contribution is 2.07. The fourth-order valence-corrected chi connectivity index (χ4v) is 1.38. The normalized spacial score (nSPS) is 12.5. The molecule has 0 aromatic heterocycles. The van der Waals surface area contributed by atoms with Gasteiger partial charge in [-0.1, -0.05) is 42.5 Å². The van der Waals surface area contributed by atoms with Crippen LogP contribution >= 0.6 is 0 Å². The van der Waals surface area contributed by atoms with E-state index in [9.17, 15) is 0 Å². The Morgan fingerprint density at radius 1 is 1.18 bits per heavy atom. The van der Waals surface area contributed by atoms with Crippen molar-refractivity contribution in [3.8, 4) is 0 Å². The summed E-state index contributed by atoms with van der Waals surface area (Å²) in [6, 6.07) is 10.4. The van der Waals surface area contributed by atoms with Crippen molar-refractivity contribution in [3.63, 3.8) is 0 Å². The summed E-state index contributed by atoms with van der Waals surface area (Å²) in [6.07, 6.45) is 4.32. The van der Waals surface area contributed by atoms with Crippen molar-refractivity contribution >= 4 is 6.08 Å². The average Bonchev–Trinajstić information content (AvgIpc) is 2.29. The van der Waals surface area contributed by atoms with Crippen molar-refractivity contribution in [2.24, 2.45) is 0 Å². The van der Waals surface area contributed by atoms with Gasteiger partial charge in [-0.05, 0) is 33.5 Å². The van der Waals surface area contributed by atoms with Gasteiger partial charge in [-0.15, -0.1) is 0 Å². The summed E-state index contributed by atoms with van der Waals surface area (Å²) in [7, 11) is 4.23. The lowest BCUT2D eigenvalue weighted by Crippen LogP contribution is -2.46. The highest BCUT2D eigenvalue weighted by Gasteiger charge is 2.18. The van der Waals surface area contributed by atoms with Crippen LogP contribution in [-0.4, -0.2) is 37.6 Å². The number of nitrogens with zero attached hydrogens (tertiary/aromatic N) is 1. The quantitative estimate of drug-likeness (QED) is 0.759. The van der Waals surface area contributed by atoms with Gasteiger partial charge in [0.1, 0.15) is 0 Å². The van der Waals surface area contributed by atoms with Gasteiger partial charge in [0.05, 0.1) is 0 Å². The Morgan fingerprint density at radius 3 is 2.41 bits per heavy atom. The molecule has 0 amide bonds. The minimum absolute atomic E-state index is 0.195. The van der Waals surface area contributed by atoms with Gasteiger partial charge in [0, 0.05) is 18.6 Å². The second-order valence-corrected chi connectivity index (χ2v) is 5.15. The van der Waals surface area contributed by atoms with Crippen LogP contribution in [0.1, 0.15) is 19.4 Å². The molecule has 2 nitrogen and oxygen atoms in total. The largest absolute Gasteiger partial charge is 0.311 e. The zero-order valence-electron chi connectivity index (χ0n) is 11.4. The lowest BCUT2D eigenvalue weighted by atomic mass is 10.0. The predicted molar refractivity (Wildman–Crippen MR) is 76.1 cm³/mol. The van der Waals surface area contributed by atoms with E-state index in [2.05, 4.69) is 74.6 Å². The standard InChI is InChI=1S/C15H24N2/c1-15(2,17(3)4)13-16-12-8-11-14-9-6-5-7-10-14/h5-11,16H,12-13H2,1-4H3/b11-8+. The molecule has 1 rings (SSSR count). The zero-order valence-corrected chi connectivity index (χ0v) is 11.4. The smallest absolute Gasteiger partial charge is 0.0271 e. The minimum atomic E-state index is 0.195. The number of likely N-dealkylation sites (N-methyl/N-ethyl adjacent to an activating group) is 1. The summed E-state index contributed by atoms with van der Waals surface area (Å²) in [4.78, 5) is 2.24. The van der Waals surface area contributed by atoms with Crippen molar-refractivity contribution in [1.29, 1.82) is 0 Å². The predicted octanol–water partition coefficient (Wildman–Crippen LogP) is 2.63. The number of benzene rings is 1. The summed E-state index contributed by atoms with van der Waals surface area (Å²) in [5.41, 5.74) is 1.45. The van der Waals surface area contributed by atoms with Gasteiger partial charge < -0.3 is 10.2 Å². The molecule has 0 saturated carbocycles. The Morgan fingerprint density at radius 2 is 1.82 bits per heavy atom. The maximum Gasteiger partial charge on any atom is 0.0271 e. The molecule has 0 aliphatic heterocycles. The fourth-order valence-electron chi connectivity index (χ4n) is 1.38. The summed E-state index contributed by atoms with van der Waals surface area (Å²) >= 11 is 0. The van der Waals surface area contributed by atoms with Gasteiger partial charge in [0.25, 0.3) is 0 Å². The molecule has 94 valence electrons. The van der Waals surface area contributed by atoms with E-state index in [4.69, 9.17) is 0 Å². The average molecular weight is 232 g/mol. The molecule has 1 N–H and O–H groups in total. The van der Waals surface area contributed by atoms with Gasteiger partial charge >= 0.3 is 0 Å². The van der Waals surface area contributed by atoms with Crippen LogP contribution in [0.3, 0.4) is 0 Å². The Balaban J connectivity index is 2.27. The van der Waals surface area contributed by atoms with Gasteiger partial charge in [-0.3, -0.25) is 0 Å². The molecule has 0 aliphatic rings. The van der Waals surface area contributed by atoms with Crippen LogP contribution in [-0.2, 0) is 0 Å². The molecule has 1 aromatic rings. The summed E-state index contributed by atoms with van der Waals surface area (Å²) in [5.74, 6) is 0. The molecule has 0 radical (unpaired) electrons. The zero-order chi connectivity index (χ0) is 12.7. The second-order valence-electron chi connectivity index (χ2n) is 5.15. The molecule has 1 aromatic carbocycles. The third kappa shape index (κ3) is 5.16. The fraction of sp³-hybridized carbons (Fsp3) is 0.467. The minimum Gasteiger partial charge on any atom is -0.311 e. The van der Waals surface area contributed by atoms with Crippen LogP contribution in [0.2, 0.25) is 0 Å². The van der Waals surface area contributed by atoms with E-state index >= 15 is 0 Å². The highest BCUT2D eigenvalue weighted by molar-refractivity contribution is 5.48. The van der Waals surface area contributed by atoms with E-state index in [0.717, 1.165) is 13.1 Å². The number of hydrogen-bond donors (Lipinski definition) is 1. The topological polar surface area (TPSA) is 15.3 Å². The maximum atomic E-state index is 3.45. The van der Waals surface area contributed by atoms with Crippen molar-refractivity contribution < 1.29 is 0 Å². The first-order chi connectivity index (χ1) is 8.02. The van der Waals surface area contributed by atoms with Crippen LogP contribution in [0, 0.1) is 0 Å². The molecule has 0 unspecified atom stereocenters. The van der Waals surface area contributed by atoms with Crippen LogP contribution in [0.4, 0.5) is 0 Å². The number of hydrogen-bond acceptors (Lipinski definition) is 2. The lowest BCUT2D eigenvalue weighted by Gasteiger charge is -2.32. The molecule has 0 aliphatic carbocycles. The van der Waals surface area contributed by atoms with Crippen molar-refractivity contribution in [1.82, 2.24) is 10.2 Å². The van der Waals surface area contributed by atoms with Crippen LogP contribution in [0.25, 0.3) is 6.08 Å². The van der Waals surface area contributed by atoms with Gasteiger partial charge in [-0.2, -0.15) is 0 Å². The third-order valence-electron chi connectivity index (χ3n) is 3.14. The van der Waals surface area contributed by atoms with Crippen molar-refractivity contribution in [3.05, 3.63) is 42.0 Å². The van der Waals surface area contributed by atoms with E-state index in [-0.39, 0.29) is 5.54 Å². The molecule has 0 bridgehead atoms. The van der Waals surface area contributed by atoms with Crippen LogP contribution in [0.15, 0.2) is 36.4 Å². The monoisotopic (exact) mass is 232 g/mol. The van der Waals surface area contributed by atoms with Gasteiger partial charge in [-0.25, -0.2) is 0 Å². The first kappa shape index (κ1) is 13.9. The Kier molecular flexibility index (Phi) is 5.39. The molecular formula is C15H24N2. The molecule has 0 spiro atoms. The Hall–Kier alpha value is -1.12. The molecular weight excluding hydrogens is 208 g/mol. The van der Waals surface area contributed by atoms with E-state index in [0.29, 0.717) is 0 Å². The lowest BCUT2D eigenvalue weighted by molar-refractivity contribution is 0.192. The Labute approximate surface area is 105 Å². The van der Waals surface area contributed by atoms with Gasteiger partial charge in [0.15, 0.2) is 0 Å². The summed E-state index contributed by atoms with van der Waals surface area (Å²) in [6.45, 7) is 6.37. The van der Waals surface area contributed by atoms with Crippen molar-refractivity contribution in [2.75, 3.05) is 27.2 Å². The van der Waals surface area contributed by atoms with E-state index in [1.165, 1.54) is 5.56 Å². The van der Waals surface area contributed by atoms with Gasteiger partial charge in [0.2, 0.25) is 0 Å². The SMILES string of the molecule is CN(C)C(C)(C)CNC/C=C/c1ccccc1. The molecule has 0 atom stereocenters. The Bertz CT molecular complexity index is 339. The van der Waals surface area contributed by atoms with Crippen LogP contribution < -0.4 is 5.32 Å². The highest BCUT2D eigenvalue weighted by atomic mass is 15.2. The third-order valence-corrected chi connectivity index (χ3v) is 3.14. The van der Waals surface area contributed by atoms with E-state index in [1.54, 1.807) is 0 Å². The second kappa shape index (κ2) is 6.58. The summed E-state index contributed by atoms with van der Waals surface area (Å²) < 4.78 is 0. The number of nitrogens with one attached hydrogen (secondary N) is 1. The molecule has 0 saturated heterocycles. The van der Waals surface area contributed by atoms with E-state index < -0.39 is 0 Å². The molecule has 17 heavy (non-hydrogen) atoms. The molecule has 0 fully saturated rings. The molecule has 0 heterocycles. The number of rotatable bonds is 6. The van der Waals surface area contributed by atoms with Crippen LogP contribution in [0.5, 0.6) is 0 Å². The van der Waals surface area contributed by atoms with Crippen molar-refractivity contribution in [2.45, 2.75) is 19.4 Å².